The standard InChI is InChI=1S/C52H103NO5/c1-4-7-10-13-16-19-21-23-25-26-28-30-33-36-39-42-45-52(57)58-48(43-40-37-34-32-29-27-24-22-20-17-14-11-8-5-2)46-51(56)53-49(47-54)50(55)44-41-38-35-31-18-15-12-9-6-3/h48-50,54-55H,4-47H2,1-3H3,(H,53,56). The molecule has 0 aliphatic heterocycles. The van der Waals surface area contributed by atoms with Gasteiger partial charge in [0.2, 0.25) is 5.91 Å². The number of hydrogen-bond acceptors (Lipinski definition) is 5. The number of esters is 1. The first-order valence-corrected chi connectivity index (χ1v) is 26.3. The lowest BCUT2D eigenvalue weighted by Crippen LogP contribution is -2.46. The Hall–Kier alpha value is -1.14. The summed E-state index contributed by atoms with van der Waals surface area (Å²) < 4.78 is 5.94. The van der Waals surface area contributed by atoms with Crippen molar-refractivity contribution in [1.29, 1.82) is 0 Å². The van der Waals surface area contributed by atoms with Gasteiger partial charge in [0, 0.05) is 6.42 Å². The van der Waals surface area contributed by atoms with E-state index in [2.05, 4.69) is 26.1 Å². The summed E-state index contributed by atoms with van der Waals surface area (Å²) in [5.41, 5.74) is 0. The number of carbonyl (C=O) groups is 2. The van der Waals surface area contributed by atoms with Gasteiger partial charge in [-0.1, -0.05) is 258 Å². The van der Waals surface area contributed by atoms with Crippen LogP contribution in [0.25, 0.3) is 0 Å². The van der Waals surface area contributed by atoms with Crippen molar-refractivity contribution < 1.29 is 24.5 Å². The Morgan fingerprint density at radius 2 is 0.724 bits per heavy atom. The molecule has 0 radical (unpaired) electrons. The molecule has 6 nitrogen and oxygen atoms in total. The minimum atomic E-state index is -0.778. The highest BCUT2D eigenvalue weighted by Gasteiger charge is 2.24. The van der Waals surface area contributed by atoms with Gasteiger partial charge in [-0.15, -0.1) is 0 Å². The maximum Gasteiger partial charge on any atom is 0.306 e. The highest BCUT2D eigenvalue weighted by molar-refractivity contribution is 5.77. The van der Waals surface area contributed by atoms with Gasteiger partial charge in [0.15, 0.2) is 0 Å². The lowest BCUT2D eigenvalue weighted by atomic mass is 10.0. The van der Waals surface area contributed by atoms with Crippen LogP contribution in [0, 0.1) is 0 Å². The van der Waals surface area contributed by atoms with E-state index in [0.717, 1.165) is 38.5 Å². The maximum atomic E-state index is 13.2. The van der Waals surface area contributed by atoms with E-state index in [0.29, 0.717) is 19.3 Å². The molecule has 3 N–H and O–H groups in total. The van der Waals surface area contributed by atoms with Crippen LogP contribution in [0.1, 0.15) is 297 Å². The number of hydrogen-bond donors (Lipinski definition) is 3. The molecule has 346 valence electrons. The zero-order valence-corrected chi connectivity index (χ0v) is 39.5. The van der Waals surface area contributed by atoms with Crippen molar-refractivity contribution in [2.24, 2.45) is 0 Å². The molecule has 0 aliphatic carbocycles. The van der Waals surface area contributed by atoms with Crippen LogP contribution in [0.2, 0.25) is 0 Å². The summed E-state index contributed by atoms with van der Waals surface area (Å²) in [5, 5.41) is 23.7. The first-order valence-electron chi connectivity index (χ1n) is 26.3. The summed E-state index contributed by atoms with van der Waals surface area (Å²) in [5.74, 6) is -0.451. The zero-order chi connectivity index (χ0) is 42.4. The molecule has 58 heavy (non-hydrogen) atoms. The number of nitrogens with one attached hydrogen (secondary N) is 1. The van der Waals surface area contributed by atoms with Gasteiger partial charge < -0.3 is 20.3 Å². The predicted molar refractivity (Wildman–Crippen MR) is 250 cm³/mol. The molecular formula is C52H103NO5. The Morgan fingerprint density at radius 3 is 1.05 bits per heavy atom. The molecule has 0 rings (SSSR count). The average Bonchev–Trinajstić information content (AvgIpc) is 3.22. The van der Waals surface area contributed by atoms with Crippen LogP contribution in [0.15, 0.2) is 0 Å². The van der Waals surface area contributed by atoms with Crippen LogP contribution in [0.3, 0.4) is 0 Å². The molecular weight excluding hydrogens is 719 g/mol. The van der Waals surface area contributed by atoms with E-state index in [9.17, 15) is 19.8 Å². The summed E-state index contributed by atoms with van der Waals surface area (Å²) in [4.78, 5) is 26.1. The Morgan fingerprint density at radius 1 is 0.431 bits per heavy atom. The van der Waals surface area contributed by atoms with Crippen LogP contribution >= 0.6 is 0 Å². The van der Waals surface area contributed by atoms with Gasteiger partial charge in [0.1, 0.15) is 6.10 Å². The monoisotopic (exact) mass is 822 g/mol. The van der Waals surface area contributed by atoms with Crippen molar-refractivity contribution in [3.63, 3.8) is 0 Å². The van der Waals surface area contributed by atoms with Gasteiger partial charge in [0.25, 0.3) is 0 Å². The minimum Gasteiger partial charge on any atom is -0.462 e. The number of aliphatic hydroxyl groups is 2. The van der Waals surface area contributed by atoms with Crippen molar-refractivity contribution in [3.8, 4) is 0 Å². The van der Waals surface area contributed by atoms with Crippen molar-refractivity contribution in [3.05, 3.63) is 0 Å². The van der Waals surface area contributed by atoms with E-state index in [1.165, 1.54) is 212 Å². The van der Waals surface area contributed by atoms with Crippen LogP contribution in [0.5, 0.6) is 0 Å². The molecule has 1 amide bonds. The maximum absolute atomic E-state index is 13.2. The largest absolute Gasteiger partial charge is 0.462 e. The molecule has 3 atom stereocenters. The van der Waals surface area contributed by atoms with Gasteiger partial charge in [-0.3, -0.25) is 9.59 Å². The van der Waals surface area contributed by atoms with Gasteiger partial charge in [-0.25, -0.2) is 0 Å². The van der Waals surface area contributed by atoms with Crippen LogP contribution in [-0.2, 0) is 14.3 Å². The molecule has 0 spiro atoms. The summed E-state index contributed by atoms with van der Waals surface area (Å²) in [7, 11) is 0. The lowest BCUT2D eigenvalue weighted by molar-refractivity contribution is -0.151. The van der Waals surface area contributed by atoms with Crippen molar-refractivity contribution >= 4 is 11.9 Å². The van der Waals surface area contributed by atoms with E-state index in [4.69, 9.17) is 4.74 Å². The fourth-order valence-electron chi connectivity index (χ4n) is 8.43. The fourth-order valence-corrected chi connectivity index (χ4v) is 8.43. The van der Waals surface area contributed by atoms with Gasteiger partial charge in [-0.05, 0) is 25.7 Å². The van der Waals surface area contributed by atoms with E-state index in [1.54, 1.807) is 0 Å². The SMILES string of the molecule is CCCCCCCCCCCCCCCCCCC(=O)OC(CCCCCCCCCCCCCCCC)CC(=O)NC(CO)C(O)CCCCCCCCCCC. The average molecular weight is 822 g/mol. The molecule has 0 fully saturated rings. The van der Waals surface area contributed by atoms with Gasteiger partial charge in [-0.2, -0.15) is 0 Å². The second-order valence-corrected chi connectivity index (χ2v) is 18.3. The van der Waals surface area contributed by atoms with E-state index >= 15 is 0 Å². The quantitative estimate of drug-likeness (QED) is 0.0420. The molecule has 0 saturated heterocycles. The number of amides is 1. The van der Waals surface area contributed by atoms with E-state index in [1.807, 2.05) is 0 Å². The second kappa shape index (κ2) is 46.9. The summed E-state index contributed by atoms with van der Waals surface area (Å²) in [6, 6.07) is -0.691. The third kappa shape index (κ3) is 41.6. The van der Waals surface area contributed by atoms with E-state index in [-0.39, 0.29) is 24.9 Å². The summed E-state index contributed by atoms with van der Waals surface area (Å²) >= 11 is 0. The molecule has 0 aliphatic rings. The number of carbonyl (C=O) groups excluding carboxylic acids is 2. The first-order chi connectivity index (χ1) is 28.5. The van der Waals surface area contributed by atoms with Crippen LogP contribution in [-0.4, -0.2) is 46.9 Å². The highest BCUT2D eigenvalue weighted by Crippen LogP contribution is 2.19. The number of rotatable bonds is 48. The fraction of sp³-hybridized carbons (Fsp3) is 0.962. The Balaban J connectivity index is 4.49. The molecule has 6 heteroatoms. The van der Waals surface area contributed by atoms with Crippen molar-refractivity contribution in [2.45, 2.75) is 315 Å². The number of ether oxygens (including phenoxy) is 1. The molecule has 0 aromatic heterocycles. The highest BCUT2D eigenvalue weighted by atomic mass is 16.5. The molecule has 0 saturated carbocycles. The zero-order valence-electron chi connectivity index (χ0n) is 39.5. The van der Waals surface area contributed by atoms with E-state index < -0.39 is 18.2 Å². The molecule has 0 heterocycles. The minimum absolute atomic E-state index is 0.0877. The van der Waals surface area contributed by atoms with Crippen LogP contribution in [0.4, 0.5) is 0 Å². The topological polar surface area (TPSA) is 95.9 Å². The van der Waals surface area contributed by atoms with Gasteiger partial charge >= 0.3 is 5.97 Å². The first kappa shape index (κ1) is 56.9. The predicted octanol–water partition coefficient (Wildman–Crippen LogP) is 15.6. The molecule has 0 aromatic rings. The van der Waals surface area contributed by atoms with Crippen molar-refractivity contribution in [2.75, 3.05) is 6.61 Å². The summed E-state index contributed by atoms with van der Waals surface area (Å²) in [6.07, 6.45) is 50.2. The van der Waals surface area contributed by atoms with Crippen molar-refractivity contribution in [1.82, 2.24) is 5.32 Å². The summed E-state index contributed by atoms with van der Waals surface area (Å²) in [6.45, 7) is 6.50. The number of unbranched alkanes of at least 4 members (excludes halogenated alkanes) is 36. The third-order valence-electron chi connectivity index (χ3n) is 12.4. The Labute approximate surface area is 362 Å². The number of aliphatic hydroxyl groups excluding tert-OH is 2. The third-order valence-corrected chi connectivity index (χ3v) is 12.4. The second-order valence-electron chi connectivity index (χ2n) is 18.3. The molecule has 0 aromatic carbocycles. The smallest absolute Gasteiger partial charge is 0.306 e. The van der Waals surface area contributed by atoms with Gasteiger partial charge in [0.05, 0.1) is 25.2 Å². The van der Waals surface area contributed by atoms with Crippen LogP contribution < -0.4 is 5.32 Å². The molecule has 0 bridgehead atoms. The Bertz CT molecular complexity index is 837. The normalized spacial score (nSPS) is 13.1. The molecule has 3 unspecified atom stereocenters. The lowest BCUT2D eigenvalue weighted by Gasteiger charge is -2.24. The Kier molecular flexibility index (Phi) is 46.0.